The topological polar surface area (TPSA) is 236 Å². The lowest BCUT2D eigenvalue weighted by Crippen LogP contribution is -2.64. The molecule has 3 aliphatic rings. The Hall–Kier alpha value is -4.12. The minimum Gasteiger partial charge on any atom is -0.481 e. The van der Waals surface area contributed by atoms with Gasteiger partial charge in [-0.25, -0.2) is 15.2 Å². The van der Waals surface area contributed by atoms with Gasteiger partial charge in [-0.3, -0.25) is 33.8 Å². The van der Waals surface area contributed by atoms with E-state index in [0.717, 1.165) is 22.9 Å². The van der Waals surface area contributed by atoms with Crippen LogP contribution in [0.15, 0.2) is 5.10 Å². The molecule has 7 atom stereocenters. The molecule has 0 aromatic heterocycles. The zero-order valence-electron chi connectivity index (χ0n) is 28.0. The maximum Gasteiger partial charge on any atom is 0.330 e. The number of nitrogens with one attached hydrogen (secondary N) is 4. The molecular formula is C31H49N7O10. The van der Waals surface area contributed by atoms with Gasteiger partial charge < -0.3 is 30.9 Å². The van der Waals surface area contributed by atoms with Crippen LogP contribution in [0, 0.1) is 11.8 Å². The number of unbranched alkanes of at least 4 members (excludes halogenated alkanes) is 2. The van der Waals surface area contributed by atoms with E-state index in [9.17, 15) is 43.8 Å². The number of rotatable bonds is 11. The van der Waals surface area contributed by atoms with E-state index in [1.165, 1.54) is 13.1 Å². The van der Waals surface area contributed by atoms with Gasteiger partial charge in [0.1, 0.15) is 36.8 Å². The van der Waals surface area contributed by atoms with Gasteiger partial charge in [-0.05, 0) is 38.5 Å². The van der Waals surface area contributed by atoms with E-state index in [-0.39, 0.29) is 44.6 Å². The molecule has 2 fully saturated rings. The Kier molecular flexibility index (Phi) is 14.3. The summed E-state index contributed by atoms with van der Waals surface area (Å²) in [5.41, 5.74) is 2.69. The molecule has 17 nitrogen and oxygen atoms in total. The van der Waals surface area contributed by atoms with E-state index in [0.29, 0.717) is 12.8 Å². The minimum absolute atomic E-state index is 0.0318. The molecule has 0 aliphatic carbocycles. The number of cyclic esters (lactones) is 1. The monoisotopic (exact) mass is 679 g/mol. The van der Waals surface area contributed by atoms with Crippen LogP contribution in [-0.4, -0.2) is 117 Å². The van der Waals surface area contributed by atoms with E-state index in [2.05, 4.69) is 26.5 Å². The molecule has 48 heavy (non-hydrogen) atoms. The number of fused-ring (bicyclic) bond motifs is 1. The minimum atomic E-state index is -1.53. The number of hydrazone groups is 1. The number of amides is 5. The molecule has 3 aliphatic heterocycles. The average Bonchev–Trinajstić information content (AvgIpc) is 3.04. The van der Waals surface area contributed by atoms with Crippen LogP contribution in [0.25, 0.3) is 0 Å². The summed E-state index contributed by atoms with van der Waals surface area (Å²) in [7, 11) is 0. The van der Waals surface area contributed by atoms with Gasteiger partial charge in [0, 0.05) is 25.6 Å². The molecule has 0 aromatic carbocycles. The number of carboxylic acids is 1. The van der Waals surface area contributed by atoms with E-state index >= 15 is 0 Å². The summed E-state index contributed by atoms with van der Waals surface area (Å²) >= 11 is 0. The first kappa shape index (κ1) is 38.3. The zero-order valence-corrected chi connectivity index (χ0v) is 28.0. The molecule has 0 saturated carbocycles. The zero-order chi connectivity index (χ0) is 35.5. The van der Waals surface area contributed by atoms with Gasteiger partial charge >= 0.3 is 11.9 Å². The normalized spacial score (nSPS) is 27.8. The molecule has 0 bridgehead atoms. The Bertz CT molecular complexity index is 1240. The van der Waals surface area contributed by atoms with Gasteiger partial charge in [0.2, 0.25) is 23.6 Å². The van der Waals surface area contributed by atoms with E-state index in [4.69, 9.17) is 4.74 Å². The van der Waals surface area contributed by atoms with Gasteiger partial charge in [-0.1, -0.05) is 40.0 Å². The fourth-order valence-corrected chi connectivity index (χ4v) is 5.78. The average molecular weight is 680 g/mol. The third-order valence-electron chi connectivity index (χ3n) is 8.46. The number of hydrazine groups is 1. The van der Waals surface area contributed by atoms with Crippen LogP contribution in [0.1, 0.15) is 85.5 Å². The Balaban J connectivity index is 1.86. The van der Waals surface area contributed by atoms with Gasteiger partial charge in [0.25, 0.3) is 5.91 Å². The highest BCUT2D eigenvalue weighted by molar-refractivity contribution is 5.97. The van der Waals surface area contributed by atoms with Crippen LogP contribution in [0.2, 0.25) is 0 Å². The Morgan fingerprint density at radius 2 is 1.85 bits per heavy atom. The number of aliphatic hydroxyl groups is 1. The molecule has 17 heteroatoms. The number of esters is 1. The predicted octanol–water partition coefficient (Wildman–Crippen LogP) is -0.822. The second kappa shape index (κ2) is 17.9. The smallest absolute Gasteiger partial charge is 0.330 e. The third-order valence-corrected chi connectivity index (χ3v) is 8.46. The highest BCUT2D eigenvalue weighted by Crippen LogP contribution is 2.21. The largest absolute Gasteiger partial charge is 0.481 e. The molecular weight excluding hydrogens is 630 g/mol. The van der Waals surface area contributed by atoms with Crippen LogP contribution in [0.3, 0.4) is 0 Å². The Labute approximate surface area is 279 Å². The number of hydrogen-bond acceptors (Lipinski definition) is 11. The molecule has 3 heterocycles. The van der Waals surface area contributed by atoms with Crippen molar-refractivity contribution >= 4 is 47.7 Å². The highest BCUT2D eigenvalue weighted by atomic mass is 16.5. The number of nitrogens with zero attached hydrogens (tertiary/aromatic N) is 3. The lowest BCUT2D eigenvalue weighted by Gasteiger charge is -2.38. The number of carboxylic acid groups (broad SMARTS) is 1. The molecule has 0 radical (unpaired) electrons. The van der Waals surface area contributed by atoms with Crippen LogP contribution in [0.4, 0.5) is 0 Å². The summed E-state index contributed by atoms with van der Waals surface area (Å²) in [5.74, 6) is -6.76. The first-order chi connectivity index (χ1) is 22.7. The van der Waals surface area contributed by atoms with Crippen molar-refractivity contribution in [2.45, 2.75) is 122 Å². The second-order valence-corrected chi connectivity index (χ2v) is 13.0. The Morgan fingerprint density at radius 3 is 2.52 bits per heavy atom. The van der Waals surface area contributed by atoms with E-state index in [1.54, 1.807) is 0 Å². The Morgan fingerprint density at radius 1 is 1.12 bits per heavy atom. The van der Waals surface area contributed by atoms with Crippen molar-refractivity contribution in [2.75, 3.05) is 13.2 Å². The van der Waals surface area contributed by atoms with Crippen molar-refractivity contribution in [1.82, 2.24) is 31.4 Å². The summed E-state index contributed by atoms with van der Waals surface area (Å²) in [6.45, 7) is 6.34. The molecule has 3 rings (SSSR count). The van der Waals surface area contributed by atoms with Crippen molar-refractivity contribution in [3.05, 3.63) is 0 Å². The van der Waals surface area contributed by atoms with E-state index < -0.39 is 90.3 Å². The summed E-state index contributed by atoms with van der Waals surface area (Å²) in [5, 5.41) is 33.6. The maximum absolute atomic E-state index is 13.7. The number of aliphatic hydroxyl groups excluding tert-OH is 1. The van der Waals surface area contributed by atoms with Crippen molar-refractivity contribution in [3.8, 4) is 0 Å². The van der Waals surface area contributed by atoms with Crippen LogP contribution < -0.4 is 21.4 Å². The fourth-order valence-electron chi connectivity index (χ4n) is 5.78. The lowest BCUT2D eigenvalue weighted by molar-refractivity contribution is -0.165. The number of hydrogen-bond donors (Lipinski definition) is 6. The summed E-state index contributed by atoms with van der Waals surface area (Å²) in [6.07, 6.45) is 3.12. The quantitative estimate of drug-likeness (QED) is 0.117. The third kappa shape index (κ3) is 10.4. The lowest BCUT2D eigenvalue weighted by atomic mass is 9.97. The van der Waals surface area contributed by atoms with Crippen LogP contribution in [0.5, 0.6) is 0 Å². The number of ether oxygens (including phenoxy) is 1. The summed E-state index contributed by atoms with van der Waals surface area (Å²) in [6, 6.07) is -6.25. The fraction of sp³-hybridized carbons (Fsp3) is 0.742. The summed E-state index contributed by atoms with van der Waals surface area (Å²) < 4.78 is 5.43. The molecule has 0 spiro atoms. The van der Waals surface area contributed by atoms with Crippen LogP contribution in [-0.2, 0) is 38.3 Å². The standard InChI is InChI=1S/C31H49N7O10/c1-5-6-7-9-19(30(45)46)13-25(40)37-23(10-8-11-32-37)28(43)36-22-16-48-31(47)24-14-20(39)15-33-38(24)29(44)18(4)34-26(41)21(12-17(2)3)35-27(22)42/h11,17-24,33,39H,5-10,12-16H2,1-4H3,(H,34,41)(H,35,42)(H,36,43)(H,45,46)/t18-,19+,20+,21?,22?,23-,24+/m0/s1. The van der Waals surface area contributed by atoms with Crippen molar-refractivity contribution < 1.29 is 48.5 Å². The SMILES string of the molecule is CCCCC[C@H](CC(=O)N1N=CCC[C@H]1C(=O)NC1COC(=O)[C@H]2C[C@@H](O)CNN2C(=O)[C@H](C)NC(=O)C(CC(C)C)NC1=O)C(=O)O. The number of carbonyl (C=O) groups is 7. The number of carbonyl (C=O) groups excluding carboxylic acids is 6. The second-order valence-electron chi connectivity index (χ2n) is 13.0. The van der Waals surface area contributed by atoms with Crippen molar-refractivity contribution in [2.24, 2.45) is 16.9 Å². The molecule has 2 saturated heterocycles. The molecule has 0 aromatic rings. The molecule has 2 unspecified atom stereocenters. The first-order valence-electron chi connectivity index (χ1n) is 16.6. The van der Waals surface area contributed by atoms with Gasteiger partial charge in [0.15, 0.2) is 0 Å². The molecule has 6 N–H and O–H groups in total. The van der Waals surface area contributed by atoms with E-state index in [1.807, 2.05) is 20.8 Å². The molecule has 268 valence electrons. The number of β-amino-alcohol motifs (C(OH)–C–C–N with tert-alkyl or cyclic N) is 1. The summed E-state index contributed by atoms with van der Waals surface area (Å²) in [4.78, 5) is 92.2. The maximum atomic E-state index is 13.7. The molecule has 5 amide bonds. The van der Waals surface area contributed by atoms with Crippen molar-refractivity contribution in [1.29, 1.82) is 0 Å². The first-order valence-corrected chi connectivity index (χ1v) is 16.6. The van der Waals surface area contributed by atoms with Crippen LogP contribution >= 0.6 is 0 Å². The number of aliphatic carboxylic acids is 1. The van der Waals surface area contributed by atoms with Gasteiger partial charge in [0.05, 0.1) is 12.0 Å². The van der Waals surface area contributed by atoms with Crippen molar-refractivity contribution in [3.63, 3.8) is 0 Å². The van der Waals surface area contributed by atoms with Gasteiger partial charge in [-0.15, -0.1) is 0 Å². The van der Waals surface area contributed by atoms with Gasteiger partial charge in [-0.2, -0.15) is 5.10 Å². The predicted molar refractivity (Wildman–Crippen MR) is 169 cm³/mol. The highest BCUT2D eigenvalue weighted by Gasteiger charge is 2.42.